The van der Waals surface area contributed by atoms with Gasteiger partial charge in [0.1, 0.15) is 0 Å². The minimum atomic E-state index is -0.123. The minimum absolute atomic E-state index is 0.0524. The molecule has 0 aliphatic carbocycles. The third-order valence-electron chi connectivity index (χ3n) is 6.51. The number of amides is 2. The number of anilines is 1. The van der Waals surface area contributed by atoms with Crippen LogP contribution in [-0.2, 0) is 17.6 Å². The summed E-state index contributed by atoms with van der Waals surface area (Å²) in [5.41, 5.74) is 4.48. The van der Waals surface area contributed by atoms with Crippen molar-refractivity contribution >= 4 is 17.5 Å². The first-order valence-electron chi connectivity index (χ1n) is 11.9. The zero-order chi connectivity index (χ0) is 22.5. The van der Waals surface area contributed by atoms with Crippen LogP contribution in [0.5, 0.6) is 0 Å². The molecule has 6 nitrogen and oxygen atoms in total. The monoisotopic (exact) mass is 434 g/mol. The Morgan fingerprint density at radius 2 is 1.81 bits per heavy atom. The number of aromatic nitrogens is 1. The molecule has 6 heteroatoms. The van der Waals surface area contributed by atoms with Crippen LogP contribution in [0, 0.1) is 0 Å². The minimum Gasteiger partial charge on any atom is -0.351 e. The number of hydrogen-bond acceptors (Lipinski definition) is 4. The van der Waals surface area contributed by atoms with E-state index in [-0.39, 0.29) is 11.8 Å². The fourth-order valence-corrected chi connectivity index (χ4v) is 4.54. The summed E-state index contributed by atoms with van der Waals surface area (Å²) in [5.74, 6) is 0.401. The molecule has 170 valence electrons. The molecule has 0 spiro atoms. The van der Waals surface area contributed by atoms with Crippen molar-refractivity contribution in [2.75, 3.05) is 37.6 Å². The van der Waals surface area contributed by atoms with E-state index in [1.807, 2.05) is 23.1 Å². The number of aryl methyl sites for hydroxylation is 1. The molecule has 0 atom stereocenters. The number of nitrogens with zero attached hydrogens (tertiary/aromatic N) is 3. The Hall–Kier alpha value is -2.73. The van der Waals surface area contributed by atoms with Gasteiger partial charge in [-0.2, -0.15) is 0 Å². The van der Waals surface area contributed by atoms with Crippen LogP contribution < -0.4 is 10.2 Å². The number of carbonyl (C=O) groups is 2. The maximum atomic E-state index is 13.1. The van der Waals surface area contributed by atoms with E-state index in [2.05, 4.69) is 41.2 Å². The first-order chi connectivity index (χ1) is 15.5. The van der Waals surface area contributed by atoms with Crippen LogP contribution in [-0.4, -0.2) is 54.4 Å². The van der Waals surface area contributed by atoms with Gasteiger partial charge in [-0.25, -0.2) is 0 Å². The lowest BCUT2D eigenvalue weighted by molar-refractivity contribution is -0.118. The third-order valence-corrected chi connectivity index (χ3v) is 6.51. The molecule has 1 aromatic heterocycles. The summed E-state index contributed by atoms with van der Waals surface area (Å²) in [5, 5.41) is 3.01. The fraction of sp³-hybridized carbons (Fsp3) is 0.500. The molecular formula is C26H34N4O2. The topological polar surface area (TPSA) is 65.5 Å². The van der Waals surface area contributed by atoms with Crippen molar-refractivity contribution < 1.29 is 9.59 Å². The highest BCUT2D eigenvalue weighted by Gasteiger charge is 2.25. The fourth-order valence-electron chi connectivity index (χ4n) is 4.54. The summed E-state index contributed by atoms with van der Waals surface area (Å²) in [7, 11) is 0. The number of carbonyl (C=O) groups excluding carboxylic acids is 2. The Balaban J connectivity index is 1.42. The Morgan fingerprint density at radius 1 is 1.06 bits per heavy atom. The van der Waals surface area contributed by atoms with E-state index in [0.29, 0.717) is 31.0 Å². The van der Waals surface area contributed by atoms with Gasteiger partial charge >= 0.3 is 0 Å². The summed E-state index contributed by atoms with van der Waals surface area (Å²) < 4.78 is 0. The van der Waals surface area contributed by atoms with Crippen LogP contribution in [0.4, 0.5) is 5.69 Å². The van der Waals surface area contributed by atoms with E-state index in [0.717, 1.165) is 49.4 Å². The second-order valence-electron chi connectivity index (χ2n) is 9.22. The number of pyridine rings is 1. The smallest absolute Gasteiger partial charge is 0.252 e. The van der Waals surface area contributed by atoms with Gasteiger partial charge in [0.05, 0.1) is 23.4 Å². The van der Waals surface area contributed by atoms with E-state index in [9.17, 15) is 9.59 Å². The summed E-state index contributed by atoms with van der Waals surface area (Å²) in [4.78, 5) is 34.5. The molecule has 32 heavy (non-hydrogen) atoms. The molecule has 1 N–H and O–H groups in total. The van der Waals surface area contributed by atoms with Gasteiger partial charge in [0, 0.05) is 25.8 Å². The van der Waals surface area contributed by atoms with Gasteiger partial charge in [0.15, 0.2) is 0 Å². The van der Waals surface area contributed by atoms with Gasteiger partial charge in [-0.05, 0) is 61.9 Å². The molecule has 2 aliphatic heterocycles. The predicted molar refractivity (Wildman–Crippen MR) is 127 cm³/mol. The standard InChI is InChI=1S/C26H34N4O2/c1-19(2)21-9-7-20(8-10-21)16-25(31)30-14-5-6-23-24(30)17-22(18-28-23)26(32)27-11-15-29-12-3-4-13-29/h7-10,17-19H,3-6,11-16H2,1-2H3,(H,27,32). The number of benzene rings is 1. The first-order valence-corrected chi connectivity index (χ1v) is 11.9. The molecule has 1 aromatic carbocycles. The molecule has 1 fully saturated rings. The van der Waals surface area contributed by atoms with Crippen molar-refractivity contribution in [3.63, 3.8) is 0 Å². The van der Waals surface area contributed by atoms with Crippen molar-refractivity contribution in [2.45, 2.75) is 51.9 Å². The maximum Gasteiger partial charge on any atom is 0.252 e. The molecule has 0 radical (unpaired) electrons. The maximum absolute atomic E-state index is 13.1. The van der Waals surface area contributed by atoms with E-state index in [4.69, 9.17) is 0 Å². The molecule has 4 rings (SSSR count). The molecule has 0 bridgehead atoms. The van der Waals surface area contributed by atoms with Crippen LogP contribution in [0.15, 0.2) is 36.5 Å². The number of fused-ring (bicyclic) bond motifs is 1. The number of hydrogen-bond donors (Lipinski definition) is 1. The van der Waals surface area contributed by atoms with E-state index in [1.54, 1.807) is 6.20 Å². The lowest BCUT2D eigenvalue weighted by atomic mass is 10.00. The van der Waals surface area contributed by atoms with Gasteiger partial charge in [-0.15, -0.1) is 0 Å². The molecule has 0 unspecified atom stereocenters. The number of likely N-dealkylation sites (tertiary alicyclic amines) is 1. The van der Waals surface area contributed by atoms with Gasteiger partial charge in [0.25, 0.3) is 5.91 Å². The normalized spacial score (nSPS) is 16.3. The van der Waals surface area contributed by atoms with Crippen LogP contribution in [0.1, 0.15) is 66.2 Å². The van der Waals surface area contributed by atoms with Gasteiger partial charge < -0.3 is 15.1 Å². The predicted octanol–water partition coefficient (Wildman–Crippen LogP) is 3.55. The quantitative estimate of drug-likeness (QED) is 0.724. The van der Waals surface area contributed by atoms with E-state index < -0.39 is 0 Å². The summed E-state index contributed by atoms with van der Waals surface area (Å²) >= 11 is 0. The summed E-state index contributed by atoms with van der Waals surface area (Å²) in [6.07, 6.45) is 6.20. The van der Waals surface area contributed by atoms with Gasteiger partial charge in [0.2, 0.25) is 5.91 Å². The zero-order valence-electron chi connectivity index (χ0n) is 19.3. The molecular weight excluding hydrogens is 400 g/mol. The van der Waals surface area contributed by atoms with Crippen molar-refractivity contribution in [3.05, 3.63) is 58.9 Å². The zero-order valence-corrected chi connectivity index (χ0v) is 19.3. The Morgan fingerprint density at radius 3 is 2.53 bits per heavy atom. The Kier molecular flexibility index (Phi) is 7.20. The van der Waals surface area contributed by atoms with Gasteiger partial charge in [-0.3, -0.25) is 14.6 Å². The van der Waals surface area contributed by atoms with Gasteiger partial charge in [-0.1, -0.05) is 38.1 Å². The second kappa shape index (κ2) is 10.3. The van der Waals surface area contributed by atoms with Crippen molar-refractivity contribution in [1.82, 2.24) is 15.2 Å². The molecule has 1 saturated heterocycles. The highest BCUT2D eigenvalue weighted by atomic mass is 16.2. The van der Waals surface area contributed by atoms with E-state index in [1.165, 1.54) is 18.4 Å². The average molecular weight is 435 g/mol. The highest BCUT2D eigenvalue weighted by Crippen LogP contribution is 2.27. The molecule has 0 saturated carbocycles. The lowest BCUT2D eigenvalue weighted by Crippen LogP contribution is -2.37. The SMILES string of the molecule is CC(C)c1ccc(CC(=O)N2CCCc3ncc(C(=O)NCCN4CCCC4)cc32)cc1. The largest absolute Gasteiger partial charge is 0.351 e. The number of nitrogens with one attached hydrogen (secondary N) is 1. The molecule has 2 aromatic rings. The third kappa shape index (κ3) is 5.36. The van der Waals surface area contributed by atoms with Crippen LogP contribution in [0.3, 0.4) is 0 Å². The number of rotatable bonds is 7. The lowest BCUT2D eigenvalue weighted by Gasteiger charge is -2.29. The molecule has 2 aliphatic rings. The van der Waals surface area contributed by atoms with Crippen molar-refractivity contribution in [3.8, 4) is 0 Å². The van der Waals surface area contributed by atoms with E-state index >= 15 is 0 Å². The van der Waals surface area contributed by atoms with Crippen LogP contribution >= 0.6 is 0 Å². The Labute approximate surface area is 191 Å². The van der Waals surface area contributed by atoms with Crippen molar-refractivity contribution in [1.29, 1.82) is 0 Å². The molecule has 3 heterocycles. The average Bonchev–Trinajstić information content (AvgIpc) is 3.32. The summed E-state index contributed by atoms with van der Waals surface area (Å²) in [6, 6.07) is 10.1. The van der Waals surface area contributed by atoms with Crippen molar-refractivity contribution in [2.24, 2.45) is 0 Å². The van der Waals surface area contributed by atoms with Crippen LogP contribution in [0.2, 0.25) is 0 Å². The molecule has 2 amide bonds. The summed E-state index contributed by atoms with van der Waals surface area (Å²) in [6.45, 7) is 8.74. The van der Waals surface area contributed by atoms with Crippen LogP contribution in [0.25, 0.3) is 0 Å². The highest BCUT2D eigenvalue weighted by molar-refractivity contribution is 5.99. The second-order valence-corrected chi connectivity index (χ2v) is 9.22. The Bertz CT molecular complexity index is 949. The first kappa shape index (κ1) is 22.5.